The van der Waals surface area contributed by atoms with E-state index in [4.69, 9.17) is 0 Å². The summed E-state index contributed by atoms with van der Waals surface area (Å²) in [7, 11) is 0. The number of carbonyl (C=O) groups is 2. The quantitative estimate of drug-likeness (QED) is 0.616. The zero-order valence-electron chi connectivity index (χ0n) is 9.19. The van der Waals surface area contributed by atoms with Crippen LogP contribution in [0.5, 0.6) is 0 Å². The van der Waals surface area contributed by atoms with Gasteiger partial charge in [0, 0.05) is 16.7 Å². The molecule has 4 heteroatoms. The van der Waals surface area contributed by atoms with Crippen molar-refractivity contribution in [2.24, 2.45) is 0 Å². The van der Waals surface area contributed by atoms with E-state index in [0.29, 0.717) is 6.29 Å². The number of halogens is 2. The minimum Gasteiger partial charge on any atom is -0.298 e. The first-order valence-electron chi connectivity index (χ1n) is 5.17. The fourth-order valence-electron chi connectivity index (χ4n) is 1.58. The Morgan fingerprint density at radius 1 is 0.944 bits per heavy atom. The lowest BCUT2D eigenvalue weighted by Gasteiger charge is -2.04. The third-order valence-electron chi connectivity index (χ3n) is 2.49. The highest BCUT2D eigenvalue weighted by molar-refractivity contribution is 6.12. The van der Waals surface area contributed by atoms with Gasteiger partial charge in [-0.15, -0.1) is 0 Å². The summed E-state index contributed by atoms with van der Waals surface area (Å²) in [5.74, 6) is -1.59. The van der Waals surface area contributed by atoms with Crippen molar-refractivity contribution in [1.82, 2.24) is 0 Å². The number of aldehydes is 1. The van der Waals surface area contributed by atoms with Gasteiger partial charge in [0.25, 0.3) is 0 Å². The van der Waals surface area contributed by atoms with Crippen LogP contribution in [0.25, 0.3) is 0 Å². The number of hydrogen-bond acceptors (Lipinski definition) is 2. The lowest BCUT2D eigenvalue weighted by atomic mass is 9.99. The minimum atomic E-state index is -0.605. The van der Waals surface area contributed by atoms with Crippen molar-refractivity contribution in [2.45, 2.75) is 0 Å². The molecular formula is C14H8F2O2. The number of benzene rings is 2. The number of ketones is 1. The van der Waals surface area contributed by atoms with Gasteiger partial charge in [-0.1, -0.05) is 0 Å². The zero-order chi connectivity index (χ0) is 13.1. The average molecular weight is 246 g/mol. The Morgan fingerprint density at radius 3 is 2.17 bits per heavy atom. The molecule has 0 aromatic heterocycles. The molecule has 0 unspecified atom stereocenters. The Kier molecular flexibility index (Phi) is 3.28. The average Bonchev–Trinajstić information content (AvgIpc) is 2.39. The van der Waals surface area contributed by atoms with E-state index in [-0.39, 0.29) is 16.7 Å². The van der Waals surface area contributed by atoms with E-state index in [2.05, 4.69) is 0 Å². The number of carbonyl (C=O) groups excluding carboxylic acids is 2. The van der Waals surface area contributed by atoms with Gasteiger partial charge in [-0.05, 0) is 42.5 Å². The van der Waals surface area contributed by atoms with Crippen molar-refractivity contribution in [3.63, 3.8) is 0 Å². The fraction of sp³-hybridized carbons (Fsp3) is 0. The van der Waals surface area contributed by atoms with Crippen molar-refractivity contribution in [1.29, 1.82) is 0 Å². The molecule has 0 spiro atoms. The van der Waals surface area contributed by atoms with Crippen LogP contribution in [0.3, 0.4) is 0 Å². The maximum atomic E-state index is 13.1. The molecule has 0 N–H and O–H groups in total. The highest BCUT2D eigenvalue weighted by Gasteiger charge is 2.14. The maximum absolute atomic E-state index is 13.1. The summed E-state index contributed by atoms with van der Waals surface area (Å²) in [5, 5.41) is 0. The summed E-state index contributed by atoms with van der Waals surface area (Å²) in [4.78, 5) is 22.8. The standard InChI is InChI=1S/C14H8F2O2/c15-11-4-1-9(2-5-11)14(18)13-7-12(16)6-3-10(13)8-17/h1-8H. The molecule has 2 aromatic carbocycles. The molecule has 18 heavy (non-hydrogen) atoms. The monoisotopic (exact) mass is 246 g/mol. The topological polar surface area (TPSA) is 34.1 Å². The number of hydrogen-bond donors (Lipinski definition) is 0. The molecule has 2 aromatic rings. The highest BCUT2D eigenvalue weighted by atomic mass is 19.1. The van der Waals surface area contributed by atoms with E-state index in [1.807, 2.05) is 0 Å². The Bertz CT molecular complexity index is 604. The van der Waals surface area contributed by atoms with Crippen LogP contribution in [0, 0.1) is 11.6 Å². The molecule has 0 atom stereocenters. The second-order valence-electron chi connectivity index (χ2n) is 3.69. The van der Waals surface area contributed by atoms with E-state index in [1.54, 1.807) is 0 Å². The second-order valence-corrected chi connectivity index (χ2v) is 3.69. The van der Waals surface area contributed by atoms with Crippen LogP contribution in [-0.4, -0.2) is 12.1 Å². The van der Waals surface area contributed by atoms with Crippen LogP contribution in [0.1, 0.15) is 26.3 Å². The normalized spacial score (nSPS) is 10.1. The molecule has 0 saturated heterocycles. The fourth-order valence-corrected chi connectivity index (χ4v) is 1.58. The molecule has 0 heterocycles. The van der Waals surface area contributed by atoms with E-state index < -0.39 is 17.4 Å². The van der Waals surface area contributed by atoms with Crippen LogP contribution in [0.4, 0.5) is 8.78 Å². The van der Waals surface area contributed by atoms with Gasteiger partial charge in [-0.2, -0.15) is 0 Å². The van der Waals surface area contributed by atoms with Crippen molar-refractivity contribution in [2.75, 3.05) is 0 Å². The molecule has 0 aliphatic carbocycles. The molecule has 0 radical (unpaired) electrons. The summed E-state index contributed by atoms with van der Waals surface area (Å²) < 4.78 is 25.8. The Morgan fingerprint density at radius 2 is 1.56 bits per heavy atom. The van der Waals surface area contributed by atoms with Gasteiger partial charge in [-0.25, -0.2) is 8.78 Å². The maximum Gasteiger partial charge on any atom is 0.193 e. The largest absolute Gasteiger partial charge is 0.298 e. The molecule has 2 rings (SSSR count). The summed E-state index contributed by atoms with van der Waals surface area (Å²) >= 11 is 0. The zero-order valence-corrected chi connectivity index (χ0v) is 9.19. The highest BCUT2D eigenvalue weighted by Crippen LogP contribution is 2.15. The predicted molar refractivity (Wildman–Crippen MR) is 61.6 cm³/mol. The van der Waals surface area contributed by atoms with E-state index in [1.165, 1.54) is 18.2 Å². The summed E-state index contributed by atoms with van der Waals surface area (Å²) in [5.41, 5.74) is 0.271. The van der Waals surface area contributed by atoms with Crippen molar-refractivity contribution >= 4 is 12.1 Å². The van der Waals surface area contributed by atoms with Gasteiger partial charge >= 0.3 is 0 Å². The summed E-state index contributed by atoms with van der Waals surface area (Å²) in [6.07, 6.45) is 0.482. The van der Waals surface area contributed by atoms with Gasteiger partial charge in [0.2, 0.25) is 0 Å². The van der Waals surface area contributed by atoms with Crippen molar-refractivity contribution < 1.29 is 18.4 Å². The third-order valence-corrected chi connectivity index (χ3v) is 2.49. The first-order valence-corrected chi connectivity index (χ1v) is 5.17. The van der Waals surface area contributed by atoms with Gasteiger partial charge in [0.05, 0.1) is 0 Å². The number of rotatable bonds is 3. The molecule has 0 saturated carbocycles. The molecule has 90 valence electrons. The van der Waals surface area contributed by atoms with E-state index >= 15 is 0 Å². The Labute approximate surface area is 102 Å². The molecular weight excluding hydrogens is 238 g/mol. The van der Waals surface area contributed by atoms with E-state index in [0.717, 1.165) is 24.3 Å². The van der Waals surface area contributed by atoms with Crippen molar-refractivity contribution in [3.05, 3.63) is 70.8 Å². The predicted octanol–water partition coefficient (Wildman–Crippen LogP) is 3.01. The molecule has 0 fully saturated rings. The second kappa shape index (κ2) is 4.87. The van der Waals surface area contributed by atoms with Crippen LogP contribution in [0.2, 0.25) is 0 Å². The Balaban J connectivity index is 2.48. The lowest BCUT2D eigenvalue weighted by Crippen LogP contribution is -2.05. The third kappa shape index (κ3) is 2.32. The molecule has 0 aliphatic rings. The summed E-state index contributed by atoms with van der Waals surface area (Å²) in [6, 6.07) is 8.17. The Hall–Kier alpha value is -2.36. The molecule has 2 nitrogen and oxygen atoms in total. The first-order chi connectivity index (χ1) is 8.61. The van der Waals surface area contributed by atoms with Gasteiger partial charge in [0.15, 0.2) is 12.1 Å². The van der Waals surface area contributed by atoms with Gasteiger partial charge in [0.1, 0.15) is 11.6 Å². The van der Waals surface area contributed by atoms with Crippen molar-refractivity contribution in [3.8, 4) is 0 Å². The lowest BCUT2D eigenvalue weighted by molar-refractivity contribution is 0.102. The molecule has 0 aliphatic heterocycles. The van der Waals surface area contributed by atoms with Crippen LogP contribution >= 0.6 is 0 Å². The summed E-state index contributed by atoms with van der Waals surface area (Å²) in [6.45, 7) is 0. The van der Waals surface area contributed by atoms with E-state index in [9.17, 15) is 18.4 Å². The van der Waals surface area contributed by atoms with Crippen LogP contribution in [0.15, 0.2) is 42.5 Å². The van der Waals surface area contributed by atoms with Gasteiger partial charge in [-0.3, -0.25) is 9.59 Å². The van der Waals surface area contributed by atoms with Crippen LogP contribution < -0.4 is 0 Å². The minimum absolute atomic E-state index is 0.0309. The first kappa shape index (κ1) is 12.1. The molecule has 0 amide bonds. The SMILES string of the molecule is O=Cc1ccc(F)cc1C(=O)c1ccc(F)cc1. The van der Waals surface area contributed by atoms with Crippen LogP contribution in [-0.2, 0) is 0 Å². The smallest absolute Gasteiger partial charge is 0.193 e. The van der Waals surface area contributed by atoms with Gasteiger partial charge < -0.3 is 0 Å². The molecule has 0 bridgehead atoms.